The van der Waals surface area contributed by atoms with Crippen LogP contribution in [0.15, 0.2) is 24.3 Å². The standard InChI is InChI=1S/C14H19NO2/c1-5-14(3,4)13(17)15-12-8-6-11(7-9-12)10(2)16/h6-9H,5H2,1-4H3,(H,15,17). The lowest BCUT2D eigenvalue weighted by Gasteiger charge is -2.21. The van der Waals surface area contributed by atoms with Gasteiger partial charge < -0.3 is 5.32 Å². The fraction of sp³-hybridized carbons (Fsp3) is 0.429. The second-order valence-electron chi connectivity index (χ2n) is 4.83. The Balaban J connectivity index is 2.76. The van der Waals surface area contributed by atoms with Crippen LogP contribution in [-0.4, -0.2) is 11.7 Å². The summed E-state index contributed by atoms with van der Waals surface area (Å²) in [6.45, 7) is 7.32. The van der Waals surface area contributed by atoms with E-state index in [1.807, 2.05) is 20.8 Å². The zero-order valence-corrected chi connectivity index (χ0v) is 10.8. The molecule has 1 N–H and O–H groups in total. The van der Waals surface area contributed by atoms with Gasteiger partial charge in [0.05, 0.1) is 0 Å². The van der Waals surface area contributed by atoms with Crippen molar-refractivity contribution in [3.8, 4) is 0 Å². The number of anilines is 1. The minimum Gasteiger partial charge on any atom is -0.326 e. The van der Waals surface area contributed by atoms with E-state index in [0.717, 1.165) is 12.1 Å². The Morgan fingerprint density at radius 3 is 2.12 bits per heavy atom. The molecule has 0 atom stereocenters. The van der Waals surface area contributed by atoms with Gasteiger partial charge >= 0.3 is 0 Å². The maximum atomic E-state index is 11.9. The first-order chi connectivity index (χ1) is 7.86. The summed E-state index contributed by atoms with van der Waals surface area (Å²) in [7, 11) is 0. The van der Waals surface area contributed by atoms with Gasteiger partial charge in [0.1, 0.15) is 0 Å². The number of Topliss-reactive ketones (excluding diaryl/α,β-unsaturated/α-hetero) is 1. The number of carbonyl (C=O) groups excluding carboxylic acids is 2. The number of hydrogen-bond donors (Lipinski definition) is 1. The third kappa shape index (κ3) is 3.41. The molecule has 3 nitrogen and oxygen atoms in total. The predicted molar refractivity (Wildman–Crippen MR) is 69.1 cm³/mol. The van der Waals surface area contributed by atoms with Crippen LogP contribution in [0.2, 0.25) is 0 Å². The fourth-order valence-electron chi connectivity index (χ4n) is 1.25. The smallest absolute Gasteiger partial charge is 0.230 e. The summed E-state index contributed by atoms with van der Waals surface area (Å²) in [5, 5.41) is 2.85. The van der Waals surface area contributed by atoms with Crippen LogP contribution in [0, 0.1) is 5.41 Å². The molecule has 1 aromatic rings. The normalized spacial score (nSPS) is 11.1. The lowest BCUT2D eigenvalue weighted by Crippen LogP contribution is -2.29. The number of rotatable bonds is 4. The second-order valence-corrected chi connectivity index (χ2v) is 4.83. The summed E-state index contributed by atoms with van der Waals surface area (Å²) in [6, 6.07) is 6.94. The zero-order valence-electron chi connectivity index (χ0n) is 10.8. The van der Waals surface area contributed by atoms with Crippen LogP contribution < -0.4 is 5.32 Å². The van der Waals surface area contributed by atoms with Gasteiger partial charge in [0, 0.05) is 16.7 Å². The highest BCUT2D eigenvalue weighted by atomic mass is 16.2. The van der Waals surface area contributed by atoms with Gasteiger partial charge in [0.2, 0.25) is 5.91 Å². The van der Waals surface area contributed by atoms with E-state index in [-0.39, 0.29) is 17.1 Å². The van der Waals surface area contributed by atoms with Gasteiger partial charge in [-0.05, 0) is 37.6 Å². The molecule has 0 radical (unpaired) electrons. The van der Waals surface area contributed by atoms with Crippen molar-refractivity contribution in [3.05, 3.63) is 29.8 Å². The Morgan fingerprint density at radius 2 is 1.71 bits per heavy atom. The number of nitrogens with one attached hydrogen (secondary N) is 1. The van der Waals surface area contributed by atoms with Crippen molar-refractivity contribution in [2.75, 3.05) is 5.32 Å². The Morgan fingerprint density at radius 1 is 1.18 bits per heavy atom. The molecule has 0 aliphatic rings. The van der Waals surface area contributed by atoms with Crippen molar-refractivity contribution in [3.63, 3.8) is 0 Å². The Bertz CT molecular complexity index is 418. The van der Waals surface area contributed by atoms with Crippen molar-refractivity contribution in [1.29, 1.82) is 0 Å². The minimum absolute atomic E-state index is 0.00410. The van der Waals surface area contributed by atoms with Gasteiger partial charge in [-0.3, -0.25) is 9.59 Å². The van der Waals surface area contributed by atoms with E-state index in [0.29, 0.717) is 5.56 Å². The number of carbonyl (C=O) groups is 2. The SMILES string of the molecule is CCC(C)(C)C(=O)Nc1ccc(C(C)=O)cc1. The van der Waals surface area contributed by atoms with Crippen LogP contribution in [0.5, 0.6) is 0 Å². The molecule has 92 valence electrons. The first-order valence-electron chi connectivity index (χ1n) is 5.79. The molecule has 0 saturated heterocycles. The highest BCUT2D eigenvalue weighted by Gasteiger charge is 2.25. The summed E-state index contributed by atoms with van der Waals surface area (Å²) in [5.41, 5.74) is 0.999. The van der Waals surface area contributed by atoms with Crippen LogP contribution in [0.4, 0.5) is 5.69 Å². The zero-order chi connectivity index (χ0) is 13.1. The topological polar surface area (TPSA) is 46.2 Å². The summed E-state index contributed by atoms with van der Waals surface area (Å²) < 4.78 is 0. The van der Waals surface area contributed by atoms with Crippen molar-refractivity contribution < 1.29 is 9.59 Å². The number of hydrogen-bond acceptors (Lipinski definition) is 2. The molecule has 1 rings (SSSR count). The fourth-order valence-corrected chi connectivity index (χ4v) is 1.25. The molecule has 1 aromatic carbocycles. The summed E-state index contributed by atoms with van der Waals surface area (Å²) in [5.74, 6) is 0.0207. The van der Waals surface area contributed by atoms with Gasteiger partial charge in [0.15, 0.2) is 5.78 Å². The van der Waals surface area contributed by atoms with Crippen molar-refractivity contribution in [1.82, 2.24) is 0 Å². The van der Waals surface area contributed by atoms with Crippen LogP contribution in [0.25, 0.3) is 0 Å². The highest BCUT2D eigenvalue weighted by molar-refractivity contribution is 5.97. The first-order valence-corrected chi connectivity index (χ1v) is 5.79. The van der Waals surface area contributed by atoms with Gasteiger partial charge in [-0.2, -0.15) is 0 Å². The average Bonchev–Trinajstić information content (AvgIpc) is 2.29. The second kappa shape index (κ2) is 5.13. The van der Waals surface area contributed by atoms with E-state index < -0.39 is 0 Å². The molecule has 0 aromatic heterocycles. The molecule has 0 saturated carbocycles. The monoisotopic (exact) mass is 233 g/mol. The molecule has 0 bridgehead atoms. The molecule has 0 unspecified atom stereocenters. The van der Waals surface area contributed by atoms with E-state index in [9.17, 15) is 9.59 Å². The molecule has 0 aliphatic carbocycles. The van der Waals surface area contributed by atoms with Crippen LogP contribution >= 0.6 is 0 Å². The lowest BCUT2D eigenvalue weighted by molar-refractivity contribution is -0.124. The molecular weight excluding hydrogens is 214 g/mol. The molecule has 0 aliphatic heterocycles. The molecule has 0 spiro atoms. The van der Waals surface area contributed by atoms with Gasteiger partial charge in [0.25, 0.3) is 0 Å². The third-order valence-corrected chi connectivity index (χ3v) is 3.05. The van der Waals surface area contributed by atoms with E-state index >= 15 is 0 Å². The maximum Gasteiger partial charge on any atom is 0.230 e. The molecular formula is C14H19NO2. The largest absolute Gasteiger partial charge is 0.326 e. The van der Waals surface area contributed by atoms with Gasteiger partial charge in [-0.15, -0.1) is 0 Å². The van der Waals surface area contributed by atoms with E-state index in [4.69, 9.17) is 0 Å². The first kappa shape index (κ1) is 13.4. The Kier molecular flexibility index (Phi) is 4.05. The van der Waals surface area contributed by atoms with Crippen LogP contribution in [0.3, 0.4) is 0 Å². The summed E-state index contributed by atoms with van der Waals surface area (Å²) >= 11 is 0. The van der Waals surface area contributed by atoms with Crippen LogP contribution in [-0.2, 0) is 4.79 Å². The van der Waals surface area contributed by atoms with Crippen molar-refractivity contribution >= 4 is 17.4 Å². The number of ketones is 1. The van der Waals surface area contributed by atoms with Crippen molar-refractivity contribution in [2.24, 2.45) is 5.41 Å². The Hall–Kier alpha value is -1.64. The van der Waals surface area contributed by atoms with Crippen molar-refractivity contribution in [2.45, 2.75) is 34.1 Å². The van der Waals surface area contributed by atoms with E-state index in [1.165, 1.54) is 6.92 Å². The maximum absolute atomic E-state index is 11.9. The molecule has 3 heteroatoms. The van der Waals surface area contributed by atoms with E-state index in [1.54, 1.807) is 24.3 Å². The molecule has 1 amide bonds. The Labute approximate surface area is 102 Å². The third-order valence-electron chi connectivity index (χ3n) is 3.05. The summed E-state index contributed by atoms with van der Waals surface area (Å²) in [6.07, 6.45) is 0.782. The average molecular weight is 233 g/mol. The van der Waals surface area contributed by atoms with Gasteiger partial charge in [-0.1, -0.05) is 20.8 Å². The lowest BCUT2D eigenvalue weighted by atomic mass is 9.89. The van der Waals surface area contributed by atoms with E-state index in [2.05, 4.69) is 5.32 Å². The highest BCUT2D eigenvalue weighted by Crippen LogP contribution is 2.22. The van der Waals surface area contributed by atoms with Gasteiger partial charge in [-0.25, -0.2) is 0 Å². The molecule has 17 heavy (non-hydrogen) atoms. The minimum atomic E-state index is -0.376. The number of benzene rings is 1. The summed E-state index contributed by atoms with van der Waals surface area (Å²) in [4.78, 5) is 23.0. The van der Waals surface area contributed by atoms with Crippen LogP contribution in [0.1, 0.15) is 44.5 Å². The quantitative estimate of drug-likeness (QED) is 0.811. The predicted octanol–water partition coefficient (Wildman–Crippen LogP) is 3.26. The number of amides is 1. The molecule has 0 fully saturated rings. The molecule has 0 heterocycles.